The lowest BCUT2D eigenvalue weighted by molar-refractivity contribution is 0.419. The van der Waals surface area contributed by atoms with E-state index in [-0.39, 0.29) is 11.4 Å². The molecule has 1 aromatic carbocycles. The van der Waals surface area contributed by atoms with E-state index in [0.717, 1.165) is 0 Å². The van der Waals surface area contributed by atoms with Crippen LogP contribution in [0.2, 0.25) is 0 Å². The summed E-state index contributed by atoms with van der Waals surface area (Å²) >= 11 is 3.27. The molecule has 0 amide bonds. The molecular weight excluding hydrogens is 354 g/mol. The van der Waals surface area contributed by atoms with Crippen LogP contribution in [-0.4, -0.2) is 24.3 Å². The number of nitrogens with zero attached hydrogens (tertiary/aromatic N) is 2. The van der Waals surface area contributed by atoms with Crippen molar-refractivity contribution in [2.24, 2.45) is 0 Å². The third-order valence-electron chi connectivity index (χ3n) is 2.99. The summed E-state index contributed by atoms with van der Waals surface area (Å²) in [5, 5.41) is 0. The first kappa shape index (κ1) is 15.9. The van der Waals surface area contributed by atoms with Crippen molar-refractivity contribution >= 4 is 31.6 Å². The van der Waals surface area contributed by atoms with Crippen molar-refractivity contribution in [1.82, 2.24) is 9.29 Å². The molecule has 0 atom stereocenters. The quantitative estimate of drug-likeness (QED) is 0.821. The maximum Gasteiger partial charge on any atom is 0.244 e. The molecule has 0 aliphatic rings. The van der Waals surface area contributed by atoms with E-state index in [1.54, 1.807) is 37.4 Å². The van der Waals surface area contributed by atoms with Crippen LogP contribution in [0.15, 0.2) is 52.0 Å². The SMILES string of the molecule is CCN(Cc1ccccn1)S(=O)(=O)c1cc(N)ccc1Br. The topological polar surface area (TPSA) is 76.3 Å². The van der Waals surface area contributed by atoms with Gasteiger partial charge in [-0.25, -0.2) is 8.42 Å². The predicted molar refractivity (Wildman–Crippen MR) is 86.1 cm³/mol. The van der Waals surface area contributed by atoms with Crippen LogP contribution in [0.1, 0.15) is 12.6 Å². The molecular formula is C14H16BrN3O2S. The normalized spacial score (nSPS) is 11.8. The standard InChI is InChI=1S/C14H16BrN3O2S/c1-2-18(10-12-5-3-4-8-17-12)21(19,20)14-9-11(16)6-7-13(14)15/h3-9H,2,10,16H2,1H3. The van der Waals surface area contributed by atoms with Gasteiger partial charge >= 0.3 is 0 Å². The lowest BCUT2D eigenvalue weighted by atomic mass is 10.3. The van der Waals surface area contributed by atoms with E-state index in [9.17, 15) is 8.42 Å². The van der Waals surface area contributed by atoms with E-state index in [1.807, 2.05) is 6.07 Å². The summed E-state index contributed by atoms with van der Waals surface area (Å²) in [6.45, 7) is 2.36. The van der Waals surface area contributed by atoms with Crippen molar-refractivity contribution in [1.29, 1.82) is 0 Å². The molecule has 0 aliphatic carbocycles. The monoisotopic (exact) mass is 369 g/mol. The minimum atomic E-state index is -3.64. The number of nitrogens with two attached hydrogens (primary N) is 1. The number of hydrogen-bond donors (Lipinski definition) is 1. The Morgan fingerprint density at radius 2 is 2.05 bits per heavy atom. The van der Waals surface area contributed by atoms with Crippen LogP contribution in [0.4, 0.5) is 5.69 Å². The minimum Gasteiger partial charge on any atom is -0.399 e. The Hall–Kier alpha value is -1.44. The summed E-state index contributed by atoms with van der Waals surface area (Å²) in [5.74, 6) is 0. The Labute approximate surface area is 133 Å². The van der Waals surface area contributed by atoms with Gasteiger partial charge in [-0.3, -0.25) is 4.98 Å². The molecule has 1 heterocycles. The van der Waals surface area contributed by atoms with Crippen molar-refractivity contribution in [2.45, 2.75) is 18.4 Å². The zero-order valence-electron chi connectivity index (χ0n) is 11.5. The minimum absolute atomic E-state index is 0.167. The lowest BCUT2D eigenvalue weighted by Crippen LogP contribution is -2.31. The van der Waals surface area contributed by atoms with Gasteiger partial charge in [-0.1, -0.05) is 13.0 Å². The molecule has 2 aromatic rings. The van der Waals surface area contributed by atoms with Gasteiger partial charge in [0.2, 0.25) is 10.0 Å². The second kappa shape index (κ2) is 6.55. The number of benzene rings is 1. The van der Waals surface area contributed by atoms with E-state index in [0.29, 0.717) is 22.4 Å². The molecule has 21 heavy (non-hydrogen) atoms. The molecule has 112 valence electrons. The molecule has 0 saturated carbocycles. The highest BCUT2D eigenvalue weighted by molar-refractivity contribution is 9.10. The second-order valence-corrected chi connectivity index (χ2v) is 7.20. The van der Waals surface area contributed by atoms with Gasteiger partial charge in [0.05, 0.1) is 17.1 Å². The van der Waals surface area contributed by atoms with Gasteiger partial charge in [-0.15, -0.1) is 0 Å². The van der Waals surface area contributed by atoms with Crippen molar-refractivity contribution in [3.05, 3.63) is 52.8 Å². The van der Waals surface area contributed by atoms with Gasteiger partial charge in [0.1, 0.15) is 0 Å². The molecule has 1 aromatic heterocycles. The van der Waals surface area contributed by atoms with E-state index < -0.39 is 10.0 Å². The van der Waals surface area contributed by atoms with Crippen molar-refractivity contribution in [3.63, 3.8) is 0 Å². The van der Waals surface area contributed by atoms with E-state index >= 15 is 0 Å². The summed E-state index contributed by atoms with van der Waals surface area (Å²) in [6.07, 6.45) is 1.65. The third kappa shape index (κ3) is 3.61. The highest BCUT2D eigenvalue weighted by Gasteiger charge is 2.26. The van der Waals surface area contributed by atoms with E-state index in [2.05, 4.69) is 20.9 Å². The smallest absolute Gasteiger partial charge is 0.244 e. The first-order valence-corrected chi connectivity index (χ1v) is 8.63. The Bertz CT molecular complexity index is 720. The largest absolute Gasteiger partial charge is 0.399 e. The van der Waals surface area contributed by atoms with Gasteiger partial charge in [0, 0.05) is 22.9 Å². The van der Waals surface area contributed by atoms with E-state index in [4.69, 9.17) is 5.73 Å². The summed E-state index contributed by atoms with van der Waals surface area (Å²) in [6, 6.07) is 10.2. The Balaban J connectivity index is 2.38. The predicted octanol–water partition coefficient (Wildman–Crippen LogP) is 2.64. The van der Waals surface area contributed by atoms with Crippen molar-refractivity contribution < 1.29 is 8.42 Å². The average molecular weight is 370 g/mol. The van der Waals surface area contributed by atoms with Gasteiger partial charge in [-0.05, 0) is 46.3 Å². The lowest BCUT2D eigenvalue weighted by Gasteiger charge is -2.21. The number of rotatable bonds is 5. The molecule has 0 spiro atoms. The Morgan fingerprint density at radius 1 is 1.29 bits per heavy atom. The molecule has 0 fully saturated rings. The fourth-order valence-electron chi connectivity index (χ4n) is 1.90. The molecule has 0 unspecified atom stereocenters. The van der Waals surface area contributed by atoms with Crippen LogP contribution in [0.5, 0.6) is 0 Å². The van der Waals surface area contributed by atoms with Crippen molar-refractivity contribution in [3.8, 4) is 0 Å². The summed E-state index contributed by atoms with van der Waals surface area (Å²) in [4.78, 5) is 4.34. The van der Waals surface area contributed by atoms with Gasteiger partial charge in [-0.2, -0.15) is 4.31 Å². The highest BCUT2D eigenvalue weighted by atomic mass is 79.9. The summed E-state index contributed by atoms with van der Waals surface area (Å²) < 4.78 is 27.4. The van der Waals surface area contributed by atoms with Crippen LogP contribution >= 0.6 is 15.9 Å². The molecule has 2 rings (SSSR count). The fourth-order valence-corrected chi connectivity index (χ4v) is 4.28. The number of hydrogen-bond acceptors (Lipinski definition) is 4. The second-order valence-electron chi connectivity index (χ2n) is 4.44. The van der Waals surface area contributed by atoms with Crippen molar-refractivity contribution in [2.75, 3.05) is 12.3 Å². The molecule has 0 radical (unpaired) electrons. The van der Waals surface area contributed by atoms with E-state index in [1.165, 1.54) is 10.4 Å². The van der Waals surface area contributed by atoms with Crippen LogP contribution in [-0.2, 0) is 16.6 Å². The first-order chi connectivity index (χ1) is 9.95. The number of aromatic nitrogens is 1. The summed E-state index contributed by atoms with van der Waals surface area (Å²) in [5.41, 5.74) is 6.81. The molecule has 0 saturated heterocycles. The molecule has 2 N–H and O–H groups in total. The number of pyridine rings is 1. The fraction of sp³-hybridized carbons (Fsp3) is 0.214. The zero-order chi connectivity index (χ0) is 15.5. The molecule has 0 bridgehead atoms. The number of anilines is 1. The van der Waals surface area contributed by atoms with Crippen LogP contribution in [0.3, 0.4) is 0 Å². The maximum atomic E-state index is 12.8. The highest BCUT2D eigenvalue weighted by Crippen LogP contribution is 2.27. The first-order valence-electron chi connectivity index (χ1n) is 6.40. The number of sulfonamides is 1. The summed E-state index contributed by atoms with van der Waals surface area (Å²) in [7, 11) is -3.64. The Morgan fingerprint density at radius 3 is 2.67 bits per heavy atom. The molecule has 7 heteroatoms. The van der Waals surface area contributed by atoms with Crippen LogP contribution in [0.25, 0.3) is 0 Å². The van der Waals surface area contributed by atoms with Gasteiger partial charge in [0.15, 0.2) is 0 Å². The van der Waals surface area contributed by atoms with Crippen LogP contribution in [0, 0.1) is 0 Å². The number of halogens is 1. The van der Waals surface area contributed by atoms with Gasteiger partial charge < -0.3 is 5.73 Å². The Kier molecular flexibility index (Phi) is 4.97. The van der Waals surface area contributed by atoms with Crippen LogP contribution < -0.4 is 5.73 Å². The third-order valence-corrected chi connectivity index (χ3v) is 5.90. The zero-order valence-corrected chi connectivity index (χ0v) is 13.9. The average Bonchev–Trinajstić information content (AvgIpc) is 2.48. The van der Waals surface area contributed by atoms with Gasteiger partial charge in [0.25, 0.3) is 0 Å². The maximum absolute atomic E-state index is 12.8. The molecule has 5 nitrogen and oxygen atoms in total. The number of nitrogen functional groups attached to an aromatic ring is 1. The molecule has 0 aliphatic heterocycles.